The smallest absolute Gasteiger partial charge is 0.332 e. The first-order chi connectivity index (χ1) is 9.11. The molecule has 19 heavy (non-hydrogen) atoms. The number of aromatic nitrogens is 1. The molecule has 106 valence electrons. The molecule has 1 rings (SSSR count). The molecule has 0 aliphatic carbocycles. The maximum atomic E-state index is 12.1. The predicted octanol–water partition coefficient (Wildman–Crippen LogP) is 2.08. The predicted molar refractivity (Wildman–Crippen MR) is 72.3 cm³/mol. The van der Waals surface area contributed by atoms with E-state index in [0.29, 0.717) is 18.8 Å². The molecule has 0 fully saturated rings. The molecule has 0 bridgehead atoms. The average molecular weight is 286 g/mol. The highest BCUT2D eigenvalue weighted by Crippen LogP contribution is 2.47. The van der Waals surface area contributed by atoms with Crippen LogP contribution in [0.4, 0.5) is 0 Å². The lowest BCUT2D eigenvalue weighted by atomic mass is 10.3. The van der Waals surface area contributed by atoms with Gasteiger partial charge < -0.3 is 14.4 Å². The lowest BCUT2D eigenvalue weighted by molar-refractivity contribution is 0.0955. The van der Waals surface area contributed by atoms with E-state index in [0.717, 1.165) is 0 Å². The van der Waals surface area contributed by atoms with Crippen molar-refractivity contribution in [1.29, 1.82) is 0 Å². The molecule has 1 amide bonds. The fourth-order valence-electron chi connectivity index (χ4n) is 1.47. The SMILES string of the molecule is CCOP(=O)(CCNC(=O)c1cccnc1)OCC. The number of rotatable bonds is 8. The number of hydrogen-bond donors (Lipinski definition) is 1. The van der Waals surface area contributed by atoms with Gasteiger partial charge in [0.1, 0.15) is 0 Å². The van der Waals surface area contributed by atoms with Crippen LogP contribution in [0, 0.1) is 0 Å². The van der Waals surface area contributed by atoms with Crippen molar-refractivity contribution in [3.63, 3.8) is 0 Å². The lowest BCUT2D eigenvalue weighted by Crippen LogP contribution is -2.27. The van der Waals surface area contributed by atoms with E-state index < -0.39 is 7.60 Å². The Morgan fingerprint density at radius 3 is 2.58 bits per heavy atom. The minimum absolute atomic E-state index is 0.153. The summed E-state index contributed by atoms with van der Waals surface area (Å²) in [6, 6.07) is 3.34. The molecule has 1 N–H and O–H groups in total. The third-order valence-corrected chi connectivity index (χ3v) is 4.32. The fraction of sp³-hybridized carbons (Fsp3) is 0.500. The Morgan fingerprint density at radius 2 is 2.05 bits per heavy atom. The first kappa shape index (κ1) is 15.8. The first-order valence-electron chi connectivity index (χ1n) is 6.17. The fourth-order valence-corrected chi connectivity index (χ4v) is 2.97. The third-order valence-electron chi connectivity index (χ3n) is 2.25. The van der Waals surface area contributed by atoms with Crippen molar-refractivity contribution in [3.8, 4) is 0 Å². The lowest BCUT2D eigenvalue weighted by Gasteiger charge is -2.16. The third kappa shape index (κ3) is 5.51. The molecule has 0 radical (unpaired) electrons. The molecule has 0 spiro atoms. The van der Waals surface area contributed by atoms with Gasteiger partial charge in [0.2, 0.25) is 0 Å². The van der Waals surface area contributed by atoms with Gasteiger partial charge in [-0.2, -0.15) is 0 Å². The highest BCUT2D eigenvalue weighted by Gasteiger charge is 2.23. The normalized spacial score (nSPS) is 11.3. The Morgan fingerprint density at radius 1 is 1.37 bits per heavy atom. The number of carbonyl (C=O) groups excluding carboxylic acids is 1. The zero-order valence-corrected chi connectivity index (χ0v) is 12.1. The largest absolute Gasteiger partial charge is 0.351 e. The van der Waals surface area contributed by atoms with Crippen molar-refractivity contribution in [2.24, 2.45) is 0 Å². The summed E-state index contributed by atoms with van der Waals surface area (Å²) in [5, 5.41) is 2.66. The van der Waals surface area contributed by atoms with Crippen molar-refractivity contribution in [1.82, 2.24) is 10.3 Å². The average Bonchev–Trinajstić information content (AvgIpc) is 2.40. The van der Waals surface area contributed by atoms with Gasteiger partial charge in [0.25, 0.3) is 5.91 Å². The van der Waals surface area contributed by atoms with Gasteiger partial charge in [-0.1, -0.05) is 0 Å². The van der Waals surface area contributed by atoms with E-state index in [-0.39, 0.29) is 18.6 Å². The molecule has 1 aromatic rings. The van der Waals surface area contributed by atoms with Gasteiger partial charge >= 0.3 is 7.60 Å². The van der Waals surface area contributed by atoms with E-state index in [9.17, 15) is 9.36 Å². The van der Waals surface area contributed by atoms with Gasteiger partial charge in [0, 0.05) is 18.9 Å². The van der Waals surface area contributed by atoms with Crippen LogP contribution in [0.15, 0.2) is 24.5 Å². The van der Waals surface area contributed by atoms with Gasteiger partial charge in [0.15, 0.2) is 0 Å². The molecule has 0 unspecified atom stereocenters. The van der Waals surface area contributed by atoms with Crippen LogP contribution in [0.1, 0.15) is 24.2 Å². The number of amides is 1. The molecular formula is C12H19N2O4P. The Kier molecular flexibility index (Phi) is 6.70. The van der Waals surface area contributed by atoms with Gasteiger partial charge in [0.05, 0.1) is 24.9 Å². The monoisotopic (exact) mass is 286 g/mol. The Balaban J connectivity index is 2.44. The van der Waals surface area contributed by atoms with E-state index in [1.807, 2.05) is 0 Å². The van der Waals surface area contributed by atoms with Crippen LogP contribution in [0.2, 0.25) is 0 Å². The summed E-state index contributed by atoms with van der Waals surface area (Å²) in [4.78, 5) is 15.6. The zero-order chi connectivity index (χ0) is 14.1. The molecule has 0 aromatic carbocycles. The molecule has 0 atom stereocenters. The van der Waals surface area contributed by atoms with Crippen LogP contribution in [-0.4, -0.2) is 36.8 Å². The van der Waals surface area contributed by atoms with Crippen molar-refractivity contribution >= 4 is 13.5 Å². The molecule has 1 aromatic heterocycles. The summed E-state index contributed by atoms with van der Waals surface area (Å²) in [6.45, 7) is 4.35. The second kappa shape index (κ2) is 8.04. The minimum Gasteiger partial charge on any atom is -0.351 e. The Labute approximate surface area is 113 Å². The highest BCUT2D eigenvalue weighted by atomic mass is 31.2. The van der Waals surface area contributed by atoms with E-state index in [2.05, 4.69) is 10.3 Å². The standard InChI is InChI=1S/C12H19N2O4P/c1-3-17-19(16,18-4-2)9-8-14-12(15)11-6-5-7-13-10-11/h5-7,10H,3-4,8-9H2,1-2H3,(H,14,15). The summed E-state index contributed by atoms with van der Waals surface area (Å²) in [7, 11) is -3.10. The molecule has 6 nitrogen and oxygen atoms in total. The number of pyridine rings is 1. The molecule has 0 aliphatic rings. The number of hydrogen-bond acceptors (Lipinski definition) is 5. The number of nitrogens with zero attached hydrogens (tertiary/aromatic N) is 1. The van der Waals surface area contributed by atoms with Crippen molar-refractivity contribution in [2.45, 2.75) is 13.8 Å². The number of nitrogens with one attached hydrogen (secondary N) is 1. The van der Waals surface area contributed by atoms with Crippen molar-refractivity contribution < 1.29 is 18.4 Å². The summed E-state index contributed by atoms with van der Waals surface area (Å²) in [6.07, 6.45) is 3.22. The summed E-state index contributed by atoms with van der Waals surface area (Å²) in [5.41, 5.74) is 0.463. The van der Waals surface area contributed by atoms with Crippen LogP contribution in [-0.2, 0) is 13.6 Å². The van der Waals surface area contributed by atoms with Crippen LogP contribution in [0.25, 0.3) is 0 Å². The van der Waals surface area contributed by atoms with Crippen molar-refractivity contribution in [3.05, 3.63) is 30.1 Å². The molecule has 0 aliphatic heterocycles. The van der Waals surface area contributed by atoms with Gasteiger partial charge in [-0.05, 0) is 26.0 Å². The topological polar surface area (TPSA) is 77.5 Å². The van der Waals surface area contributed by atoms with Gasteiger partial charge in [-0.15, -0.1) is 0 Å². The maximum absolute atomic E-state index is 12.1. The van der Waals surface area contributed by atoms with Crippen LogP contribution in [0.5, 0.6) is 0 Å². The molecule has 0 saturated heterocycles. The quantitative estimate of drug-likeness (QED) is 0.740. The minimum atomic E-state index is -3.10. The van der Waals surface area contributed by atoms with E-state index in [1.54, 1.807) is 32.2 Å². The first-order valence-corrected chi connectivity index (χ1v) is 7.90. The van der Waals surface area contributed by atoms with E-state index in [1.165, 1.54) is 6.20 Å². The highest BCUT2D eigenvalue weighted by molar-refractivity contribution is 7.53. The van der Waals surface area contributed by atoms with E-state index >= 15 is 0 Å². The Bertz CT molecular complexity index is 429. The molecule has 1 heterocycles. The van der Waals surface area contributed by atoms with Crippen molar-refractivity contribution in [2.75, 3.05) is 25.9 Å². The van der Waals surface area contributed by atoms with Gasteiger partial charge in [-0.3, -0.25) is 14.3 Å². The molecular weight excluding hydrogens is 267 g/mol. The number of carbonyl (C=O) groups is 1. The summed E-state index contributed by atoms with van der Waals surface area (Å²) >= 11 is 0. The Hall–Kier alpha value is -1.23. The van der Waals surface area contributed by atoms with Crippen LogP contribution < -0.4 is 5.32 Å². The van der Waals surface area contributed by atoms with Gasteiger partial charge in [-0.25, -0.2) is 0 Å². The zero-order valence-electron chi connectivity index (χ0n) is 11.2. The maximum Gasteiger partial charge on any atom is 0.332 e. The summed E-state index contributed by atoms with van der Waals surface area (Å²) < 4.78 is 22.4. The van der Waals surface area contributed by atoms with Crippen LogP contribution >= 0.6 is 7.60 Å². The summed E-state index contributed by atoms with van der Waals surface area (Å²) in [5.74, 6) is -0.257. The second-order valence-corrected chi connectivity index (χ2v) is 5.85. The van der Waals surface area contributed by atoms with E-state index in [4.69, 9.17) is 9.05 Å². The second-order valence-electron chi connectivity index (χ2n) is 3.67. The molecule has 7 heteroatoms. The molecule has 0 saturated carbocycles. The van der Waals surface area contributed by atoms with Crippen LogP contribution in [0.3, 0.4) is 0 Å².